The van der Waals surface area contributed by atoms with Crippen molar-refractivity contribution in [2.75, 3.05) is 0 Å². The molecule has 1 aliphatic rings. The van der Waals surface area contributed by atoms with E-state index >= 15 is 0 Å². The predicted molar refractivity (Wildman–Crippen MR) is 399 cm³/mol. The normalized spacial score (nSPS) is 12.1. The SMILES string of the molecule is CC1(C)c2cc(-c3cccc(-c4nc(-c5cccc(-c6ccccc6)c5)nc(-c5cc(-c6ccccc6)cc(-c6ccc7ccccc7c6)c5)n4)c3)ccc2-c2ccc(-c3cc(-c4ccccc4)cc(-c4nc(-c5ccccc5)nc(-c5cccc(-c6ccccc6)c5)n4)c3)cc21. The van der Waals surface area contributed by atoms with Gasteiger partial charge in [0.25, 0.3) is 0 Å². The van der Waals surface area contributed by atoms with Crippen LogP contribution in [0.5, 0.6) is 0 Å². The standard InChI is InChI=1S/C91H62N6/c1-91(2)83-57-70(43-45-81(83)82-46-44-71(58-84(82)91)78-52-76(62-29-14-6-15-30-62)54-80(56-78)89-93-85(64-32-16-7-17-33-64)92-86(95-89)72-38-20-35-66(48-72)59-23-8-3-9-24-59)68-37-22-40-74(50-68)88-94-87(73-39-21-36-67(49-73)60-25-10-4-11-26-60)96-90(97-88)79-53-75(61-27-12-5-13-28-61)51-77(55-79)69-42-41-63-31-18-19-34-65(63)47-69/h3-58H,1-2H3. The molecule has 6 nitrogen and oxygen atoms in total. The van der Waals surface area contributed by atoms with Crippen LogP contribution in [0.4, 0.5) is 0 Å². The third-order valence-corrected chi connectivity index (χ3v) is 18.9. The van der Waals surface area contributed by atoms with E-state index in [2.05, 4.69) is 323 Å². The van der Waals surface area contributed by atoms with Crippen molar-refractivity contribution in [1.29, 1.82) is 0 Å². The number of nitrogens with zero attached hydrogens (tertiary/aromatic N) is 6. The molecule has 97 heavy (non-hydrogen) atoms. The van der Waals surface area contributed by atoms with E-state index in [4.69, 9.17) is 29.9 Å². The van der Waals surface area contributed by atoms with E-state index in [1.807, 2.05) is 30.3 Å². The minimum atomic E-state index is -0.345. The van der Waals surface area contributed by atoms with Crippen LogP contribution in [-0.4, -0.2) is 29.9 Å². The molecular weight excluding hydrogens is 1180 g/mol. The number of rotatable bonds is 13. The first-order valence-corrected chi connectivity index (χ1v) is 33.0. The Labute approximate surface area is 564 Å². The Morgan fingerprint density at radius 3 is 0.825 bits per heavy atom. The van der Waals surface area contributed by atoms with Gasteiger partial charge in [0, 0.05) is 38.8 Å². The number of aromatic nitrogens is 6. The van der Waals surface area contributed by atoms with Crippen LogP contribution in [0.15, 0.2) is 340 Å². The highest BCUT2D eigenvalue weighted by Crippen LogP contribution is 2.51. The monoisotopic (exact) mass is 1240 g/mol. The van der Waals surface area contributed by atoms with Crippen molar-refractivity contribution in [2.24, 2.45) is 0 Å². The molecule has 16 aromatic rings. The van der Waals surface area contributed by atoms with E-state index in [0.29, 0.717) is 34.9 Å². The van der Waals surface area contributed by atoms with Gasteiger partial charge in [-0.15, -0.1) is 0 Å². The molecule has 6 heteroatoms. The quantitative estimate of drug-likeness (QED) is 0.114. The average Bonchev–Trinajstić information content (AvgIpc) is 1.61. The van der Waals surface area contributed by atoms with Gasteiger partial charge in [0.15, 0.2) is 34.9 Å². The molecule has 2 heterocycles. The summed E-state index contributed by atoms with van der Waals surface area (Å²) in [6.07, 6.45) is 0. The molecule has 1 aliphatic carbocycles. The second kappa shape index (κ2) is 24.7. The third kappa shape index (κ3) is 11.5. The highest BCUT2D eigenvalue weighted by Gasteiger charge is 2.36. The van der Waals surface area contributed by atoms with Gasteiger partial charge >= 0.3 is 0 Å². The summed E-state index contributed by atoms with van der Waals surface area (Å²) in [6, 6.07) is 121. The number of benzene rings is 14. The molecule has 0 amide bonds. The van der Waals surface area contributed by atoms with E-state index in [1.54, 1.807) is 0 Å². The van der Waals surface area contributed by atoms with Gasteiger partial charge < -0.3 is 0 Å². The Bertz CT molecular complexity index is 5650. The van der Waals surface area contributed by atoms with Crippen molar-refractivity contribution < 1.29 is 0 Å². The van der Waals surface area contributed by atoms with Crippen LogP contribution in [0.3, 0.4) is 0 Å². The summed E-state index contributed by atoms with van der Waals surface area (Å²) in [4.78, 5) is 31.9. The molecule has 2 aromatic heterocycles. The minimum absolute atomic E-state index is 0.345. The molecule has 456 valence electrons. The van der Waals surface area contributed by atoms with Crippen molar-refractivity contribution in [3.05, 3.63) is 351 Å². The molecule has 0 saturated heterocycles. The zero-order chi connectivity index (χ0) is 64.8. The molecule has 0 spiro atoms. The first-order chi connectivity index (χ1) is 47.7. The molecule has 17 rings (SSSR count). The second-order valence-electron chi connectivity index (χ2n) is 25.5. The van der Waals surface area contributed by atoms with Gasteiger partial charge in [-0.2, -0.15) is 0 Å². The smallest absolute Gasteiger partial charge is 0.164 e. The molecular formula is C91H62N6. The van der Waals surface area contributed by atoms with Gasteiger partial charge in [-0.1, -0.05) is 281 Å². The van der Waals surface area contributed by atoms with Crippen molar-refractivity contribution >= 4 is 10.8 Å². The summed E-state index contributed by atoms with van der Waals surface area (Å²) in [5.74, 6) is 3.60. The lowest BCUT2D eigenvalue weighted by Gasteiger charge is -2.23. The van der Waals surface area contributed by atoms with Crippen LogP contribution in [-0.2, 0) is 5.41 Å². The third-order valence-electron chi connectivity index (χ3n) is 18.9. The average molecular weight is 1240 g/mol. The van der Waals surface area contributed by atoms with Crippen LogP contribution in [0.1, 0.15) is 25.0 Å². The van der Waals surface area contributed by atoms with Crippen LogP contribution in [0.2, 0.25) is 0 Å². The number of fused-ring (bicyclic) bond motifs is 4. The molecule has 0 aliphatic heterocycles. The van der Waals surface area contributed by atoms with E-state index < -0.39 is 0 Å². The lowest BCUT2D eigenvalue weighted by molar-refractivity contribution is 0.661. The minimum Gasteiger partial charge on any atom is -0.208 e. The summed E-state index contributed by atoms with van der Waals surface area (Å²) in [6.45, 7) is 4.72. The van der Waals surface area contributed by atoms with Crippen molar-refractivity contribution in [2.45, 2.75) is 19.3 Å². The molecule has 14 aromatic carbocycles. The Morgan fingerprint density at radius 2 is 0.412 bits per heavy atom. The van der Waals surface area contributed by atoms with Crippen molar-refractivity contribution in [1.82, 2.24) is 29.9 Å². The molecule has 0 unspecified atom stereocenters. The maximum atomic E-state index is 5.43. The van der Waals surface area contributed by atoms with E-state index in [1.165, 1.54) is 33.0 Å². The Morgan fingerprint density at radius 1 is 0.165 bits per heavy atom. The largest absolute Gasteiger partial charge is 0.208 e. The van der Waals surface area contributed by atoms with Gasteiger partial charge in [0.2, 0.25) is 0 Å². The lowest BCUT2D eigenvalue weighted by atomic mass is 9.80. The predicted octanol–water partition coefficient (Wildman–Crippen LogP) is 23.2. The molecule has 0 fully saturated rings. The first-order valence-electron chi connectivity index (χ1n) is 33.0. The lowest BCUT2D eigenvalue weighted by Crippen LogP contribution is -2.15. The Kier molecular flexibility index (Phi) is 14.8. The molecule has 0 N–H and O–H groups in total. The van der Waals surface area contributed by atoms with E-state index in [-0.39, 0.29) is 5.41 Å². The van der Waals surface area contributed by atoms with Gasteiger partial charge in [-0.3, -0.25) is 0 Å². The number of hydrogen-bond acceptors (Lipinski definition) is 6. The van der Waals surface area contributed by atoms with Crippen LogP contribution < -0.4 is 0 Å². The van der Waals surface area contributed by atoms with Crippen LogP contribution >= 0.6 is 0 Å². The number of hydrogen-bond donors (Lipinski definition) is 0. The maximum Gasteiger partial charge on any atom is 0.164 e. The van der Waals surface area contributed by atoms with Crippen molar-refractivity contribution in [3.63, 3.8) is 0 Å². The molecule has 0 atom stereocenters. The summed E-state index contributed by atoms with van der Waals surface area (Å²) in [5.41, 5.74) is 25.4. The topological polar surface area (TPSA) is 77.3 Å². The second-order valence-corrected chi connectivity index (χ2v) is 25.5. The summed E-state index contributed by atoms with van der Waals surface area (Å²) in [7, 11) is 0. The van der Waals surface area contributed by atoms with Gasteiger partial charge in [0.05, 0.1) is 0 Å². The summed E-state index contributed by atoms with van der Waals surface area (Å²) >= 11 is 0. The Hall–Kier alpha value is -12.6. The zero-order valence-electron chi connectivity index (χ0n) is 53.5. The van der Waals surface area contributed by atoms with E-state index in [9.17, 15) is 0 Å². The van der Waals surface area contributed by atoms with Crippen LogP contribution in [0, 0.1) is 0 Å². The van der Waals surface area contributed by atoms with E-state index in [0.717, 1.165) is 111 Å². The Balaban J connectivity index is 0.745. The van der Waals surface area contributed by atoms with Gasteiger partial charge in [0.1, 0.15) is 0 Å². The fraction of sp³-hybridized carbons (Fsp3) is 0.0330. The van der Waals surface area contributed by atoms with Crippen LogP contribution in [0.25, 0.3) is 168 Å². The van der Waals surface area contributed by atoms with Gasteiger partial charge in [-0.05, 0) is 184 Å². The molecule has 0 bridgehead atoms. The first kappa shape index (κ1) is 58.2. The van der Waals surface area contributed by atoms with Gasteiger partial charge in [-0.25, -0.2) is 29.9 Å². The highest BCUT2D eigenvalue weighted by molar-refractivity contribution is 5.91. The van der Waals surface area contributed by atoms with Crippen molar-refractivity contribution in [3.8, 4) is 157 Å². The summed E-state index contributed by atoms with van der Waals surface area (Å²) < 4.78 is 0. The molecule has 0 radical (unpaired) electrons. The highest BCUT2D eigenvalue weighted by atomic mass is 15.0. The molecule has 0 saturated carbocycles. The maximum absolute atomic E-state index is 5.43. The summed E-state index contributed by atoms with van der Waals surface area (Å²) in [5, 5.41) is 2.38. The fourth-order valence-corrected chi connectivity index (χ4v) is 13.8. The zero-order valence-corrected chi connectivity index (χ0v) is 53.5. The fourth-order valence-electron chi connectivity index (χ4n) is 13.8.